The highest BCUT2D eigenvalue weighted by Crippen LogP contribution is 2.28. The molecule has 0 N–H and O–H groups in total. The van der Waals surface area contributed by atoms with Crippen LogP contribution in [0.2, 0.25) is 0 Å². The largest absolute Gasteiger partial charge is 0.493 e. The first kappa shape index (κ1) is 14.7. The molecule has 0 aliphatic carbocycles. The van der Waals surface area contributed by atoms with Crippen LogP contribution < -0.4 is 9.47 Å². The molecule has 20 heavy (non-hydrogen) atoms. The van der Waals surface area contributed by atoms with Crippen molar-refractivity contribution >= 4 is 5.91 Å². The van der Waals surface area contributed by atoms with Crippen LogP contribution in [0.5, 0.6) is 11.5 Å². The van der Waals surface area contributed by atoms with E-state index in [1.165, 1.54) is 0 Å². The van der Waals surface area contributed by atoms with E-state index in [0.717, 1.165) is 0 Å². The molecule has 1 fully saturated rings. The number of methoxy groups -OCH3 is 1. The predicted molar refractivity (Wildman–Crippen MR) is 75.5 cm³/mol. The van der Waals surface area contributed by atoms with E-state index in [4.69, 9.17) is 14.2 Å². The molecule has 110 valence electrons. The molecule has 2 rings (SSSR count). The molecule has 1 aliphatic rings. The maximum absolute atomic E-state index is 12.5. The van der Waals surface area contributed by atoms with Gasteiger partial charge in [-0.15, -0.1) is 0 Å². The molecule has 0 spiro atoms. The maximum atomic E-state index is 12.5. The average Bonchev–Trinajstić information content (AvgIpc) is 2.47. The van der Waals surface area contributed by atoms with Crippen LogP contribution in [0.3, 0.4) is 0 Å². The smallest absolute Gasteiger partial charge is 0.254 e. The summed E-state index contributed by atoms with van der Waals surface area (Å²) >= 11 is 0. The Hall–Kier alpha value is -1.75. The average molecular weight is 279 g/mol. The van der Waals surface area contributed by atoms with Gasteiger partial charge in [-0.3, -0.25) is 4.79 Å². The van der Waals surface area contributed by atoms with Crippen molar-refractivity contribution in [3.63, 3.8) is 0 Å². The summed E-state index contributed by atoms with van der Waals surface area (Å²) in [4.78, 5) is 14.3. The van der Waals surface area contributed by atoms with Crippen LogP contribution in [-0.4, -0.2) is 50.3 Å². The van der Waals surface area contributed by atoms with Crippen LogP contribution >= 0.6 is 0 Å². The third kappa shape index (κ3) is 3.22. The standard InChI is InChI=1S/C15H21NO4/c1-4-19-14-9-12(5-6-13(14)18-3)15(17)16-7-8-20-11(2)10-16/h5-6,9,11H,4,7-8,10H2,1-3H3. The molecule has 1 unspecified atom stereocenters. The van der Waals surface area contributed by atoms with Gasteiger partial charge in [-0.05, 0) is 32.0 Å². The van der Waals surface area contributed by atoms with Crippen molar-refractivity contribution in [2.45, 2.75) is 20.0 Å². The topological polar surface area (TPSA) is 48.0 Å². The van der Waals surface area contributed by atoms with E-state index in [2.05, 4.69) is 0 Å². The number of amides is 1. The highest BCUT2D eigenvalue weighted by Gasteiger charge is 2.23. The molecule has 1 saturated heterocycles. The van der Waals surface area contributed by atoms with E-state index >= 15 is 0 Å². The SMILES string of the molecule is CCOc1cc(C(=O)N2CCOC(C)C2)ccc1OC. The summed E-state index contributed by atoms with van der Waals surface area (Å²) in [5.41, 5.74) is 0.614. The molecule has 1 aromatic rings. The van der Waals surface area contributed by atoms with Crippen molar-refractivity contribution in [2.24, 2.45) is 0 Å². The van der Waals surface area contributed by atoms with Crippen LogP contribution in [-0.2, 0) is 4.74 Å². The second-order valence-corrected chi connectivity index (χ2v) is 4.73. The summed E-state index contributed by atoms with van der Waals surface area (Å²) in [6, 6.07) is 5.27. The number of hydrogen-bond donors (Lipinski definition) is 0. The highest BCUT2D eigenvalue weighted by atomic mass is 16.5. The van der Waals surface area contributed by atoms with Gasteiger partial charge in [-0.25, -0.2) is 0 Å². The molecular weight excluding hydrogens is 258 g/mol. The number of rotatable bonds is 4. The number of benzene rings is 1. The number of ether oxygens (including phenoxy) is 3. The number of hydrogen-bond acceptors (Lipinski definition) is 4. The Bertz CT molecular complexity index is 475. The van der Waals surface area contributed by atoms with Gasteiger partial charge < -0.3 is 19.1 Å². The van der Waals surface area contributed by atoms with Gasteiger partial charge in [0.15, 0.2) is 11.5 Å². The monoisotopic (exact) mass is 279 g/mol. The lowest BCUT2D eigenvalue weighted by Gasteiger charge is -2.31. The van der Waals surface area contributed by atoms with Crippen molar-refractivity contribution in [1.82, 2.24) is 4.90 Å². The van der Waals surface area contributed by atoms with Crippen LogP contribution in [0.1, 0.15) is 24.2 Å². The molecule has 1 heterocycles. The zero-order valence-electron chi connectivity index (χ0n) is 12.2. The second-order valence-electron chi connectivity index (χ2n) is 4.73. The van der Waals surface area contributed by atoms with E-state index < -0.39 is 0 Å². The predicted octanol–water partition coefficient (Wildman–Crippen LogP) is 1.95. The molecule has 0 radical (unpaired) electrons. The molecule has 0 aromatic heterocycles. The summed E-state index contributed by atoms with van der Waals surface area (Å²) < 4.78 is 16.2. The van der Waals surface area contributed by atoms with Gasteiger partial charge >= 0.3 is 0 Å². The van der Waals surface area contributed by atoms with E-state index in [9.17, 15) is 4.79 Å². The maximum Gasteiger partial charge on any atom is 0.254 e. The van der Waals surface area contributed by atoms with Crippen molar-refractivity contribution in [3.8, 4) is 11.5 Å². The highest BCUT2D eigenvalue weighted by molar-refractivity contribution is 5.95. The van der Waals surface area contributed by atoms with Crippen LogP contribution in [0, 0.1) is 0 Å². The van der Waals surface area contributed by atoms with E-state index in [1.54, 1.807) is 25.3 Å². The Morgan fingerprint density at radius 1 is 1.45 bits per heavy atom. The Morgan fingerprint density at radius 2 is 2.25 bits per heavy atom. The fourth-order valence-corrected chi connectivity index (χ4v) is 2.26. The van der Waals surface area contributed by atoms with Crippen LogP contribution in [0.4, 0.5) is 0 Å². The number of carbonyl (C=O) groups excluding carboxylic acids is 1. The molecular formula is C15H21NO4. The Kier molecular flexibility index (Phi) is 4.84. The molecule has 0 saturated carbocycles. The third-order valence-corrected chi connectivity index (χ3v) is 3.24. The minimum atomic E-state index is 0.00348. The van der Waals surface area contributed by atoms with E-state index in [0.29, 0.717) is 43.4 Å². The number of morpholine rings is 1. The van der Waals surface area contributed by atoms with Crippen LogP contribution in [0.15, 0.2) is 18.2 Å². The van der Waals surface area contributed by atoms with Gasteiger partial charge in [-0.1, -0.05) is 0 Å². The molecule has 1 atom stereocenters. The molecule has 1 aliphatic heterocycles. The van der Waals surface area contributed by atoms with E-state index in [1.807, 2.05) is 18.7 Å². The first-order valence-corrected chi connectivity index (χ1v) is 6.87. The van der Waals surface area contributed by atoms with Crippen molar-refractivity contribution < 1.29 is 19.0 Å². The molecule has 1 amide bonds. The Balaban J connectivity index is 2.19. The fraction of sp³-hybridized carbons (Fsp3) is 0.533. The Labute approximate surface area is 119 Å². The second kappa shape index (κ2) is 6.61. The summed E-state index contributed by atoms with van der Waals surface area (Å²) in [6.07, 6.45) is 0.0808. The van der Waals surface area contributed by atoms with Gasteiger partial charge in [0.2, 0.25) is 0 Å². The normalized spacial score (nSPS) is 18.8. The van der Waals surface area contributed by atoms with Gasteiger partial charge in [0.25, 0.3) is 5.91 Å². The summed E-state index contributed by atoms with van der Waals surface area (Å²) in [6.45, 7) is 6.23. The van der Waals surface area contributed by atoms with Gasteiger partial charge in [0.1, 0.15) is 0 Å². The fourth-order valence-electron chi connectivity index (χ4n) is 2.26. The summed E-state index contributed by atoms with van der Waals surface area (Å²) in [5.74, 6) is 1.24. The zero-order valence-corrected chi connectivity index (χ0v) is 12.2. The first-order valence-electron chi connectivity index (χ1n) is 6.87. The molecule has 5 heteroatoms. The van der Waals surface area contributed by atoms with Crippen molar-refractivity contribution in [1.29, 1.82) is 0 Å². The number of nitrogens with zero attached hydrogens (tertiary/aromatic N) is 1. The zero-order chi connectivity index (χ0) is 14.5. The number of carbonyl (C=O) groups is 1. The van der Waals surface area contributed by atoms with Gasteiger partial charge in [-0.2, -0.15) is 0 Å². The van der Waals surface area contributed by atoms with Gasteiger partial charge in [0.05, 0.1) is 26.4 Å². The Morgan fingerprint density at radius 3 is 2.90 bits per heavy atom. The van der Waals surface area contributed by atoms with E-state index in [-0.39, 0.29) is 12.0 Å². The quantitative estimate of drug-likeness (QED) is 0.845. The molecule has 1 aromatic carbocycles. The van der Waals surface area contributed by atoms with Crippen molar-refractivity contribution in [2.75, 3.05) is 33.4 Å². The molecule has 5 nitrogen and oxygen atoms in total. The lowest BCUT2D eigenvalue weighted by molar-refractivity contribution is -0.0124. The third-order valence-electron chi connectivity index (χ3n) is 3.24. The minimum Gasteiger partial charge on any atom is -0.493 e. The summed E-state index contributed by atoms with van der Waals surface area (Å²) in [7, 11) is 1.59. The van der Waals surface area contributed by atoms with Crippen molar-refractivity contribution in [3.05, 3.63) is 23.8 Å². The molecule has 0 bridgehead atoms. The van der Waals surface area contributed by atoms with Gasteiger partial charge in [0, 0.05) is 18.7 Å². The van der Waals surface area contributed by atoms with Crippen LogP contribution in [0.25, 0.3) is 0 Å². The minimum absolute atomic E-state index is 0.00348. The first-order chi connectivity index (χ1) is 9.65. The summed E-state index contributed by atoms with van der Waals surface area (Å²) in [5, 5.41) is 0. The lowest BCUT2D eigenvalue weighted by atomic mass is 10.1. The lowest BCUT2D eigenvalue weighted by Crippen LogP contribution is -2.44.